The fourth-order valence-corrected chi connectivity index (χ4v) is 3.20. The zero-order chi connectivity index (χ0) is 17.9. The zero-order valence-corrected chi connectivity index (χ0v) is 14.9. The van der Waals surface area contributed by atoms with E-state index in [1.807, 2.05) is 30.9 Å². The lowest BCUT2D eigenvalue weighted by molar-refractivity contribution is -0.133. The standard InChI is InChI=1S/C17H24N6O2/c1-17(2,16-19-21-22-20-16)10-15(24)23-8-6-12(7-9-23)14-5-4-13(25-3)11-18-14/h4-5,11-12H,6-10H2,1-3H3,(H,19,20,21,22). The number of likely N-dealkylation sites (tertiary alicyclic amines) is 1. The summed E-state index contributed by atoms with van der Waals surface area (Å²) in [7, 11) is 1.64. The van der Waals surface area contributed by atoms with Gasteiger partial charge < -0.3 is 9.64 Å². The molecule has 0 unspecified atom stereocenters. The van der Waals surface area contributed by atoms with Crippen molar-refractivity contribution in [3.05, 3.63) is 29.8 Å². The van der Waals surface area contributed by atoms with Gasteiger partial charge in [0.05, 0.1) is 13.3 Å². The monoisotopic (exact) mass is 344 g/mol. The lowest BCUT2D eigenvalue weighted by Crippen LogP contribution is -2.40. The largest absolute Gasteiger partial charge is 0.495 e. The molecule has 8 heteroatoms. The van der Waals surface area contributed by atoms with E-state index in [1.165, 1.54) is 0 Å². The van der Waals surface area contributed by atoms with Gasteiger partial charge in [-0.05, 0) is 25.0 Å². The summed E-state index contributed by atoms with van der Waals surface area (Å²) >= 11 is 0. The van der Waals surface area contributed by atoms with Crippen LogP contribution in [0.25, 0.3) is 0 Å². The SMILES string of the molecule is COc1ccc(C2CCN(C(=O)CC(C)(C)c3nn[nH]n3)CC2)nc1. The third-order valence-corrected chi connectivity index (χ3v) is 4.80. The number of rotatable bonds is 5. The summed E-state index contributed by atoms with van der Waals surface area (Å²) in [5, 5.41) is 14.1. The van der Waals surface area contributed by atoms with Gasteiger partial charge in [0.2, 0.25) is 5.91 Å². The normalized spacial score (nSPS) is 16.0. The Morgan fingerprint density at radius 2 is 2.12 bits per heavy atom. The Kier molecular flexibility index (Phi) is 4.96. The van der Waals surface area contributed by atoms with Crippen LogP contribution in [0.2, 0.25) is 0 Å². The van der Waals surface area contributed by atoms with Crippen LogP contribution in [0.4, 0.5) is 0 Å². The van der Waals surface area contributed by atoms with Crippen LogP contribution in [0.1, 0.15) is 50.5 Å². The predicted octanol–water partition coefficient (Wildman–Crippen LogP) is 1.68. The van der Waals surface area contributed by atoms with Gasteiger partial charge in [0, 0.05) is 36.5 Å². The summed E-state index contributed by atoms with van der Waals surface area (Å²) in [5.41, 5.74) is 0.637. The molecule has 0 spiro atoms. The summed E-state index contributed by atoms with van der Waals surface area (Å²) in [4.78, 5) is 19.1. The molecule has 0 aliphatic carbocycles. The molecule has 3 heterocycles. The van der Waals surface area contributed by atoms with E-state index in [1.54, 1.807) is 13.3 Å². The van der Waals surface area contributed by atoms with Gasteiger partial charge >= 0.3 is 0 Å². The van der Waals surface area contributed by atoms with Gasteiger partial charge in [-0.3, -0.25) is 9.78 Å². The highest BCUT2D eigenvalue weighted by Crippen LogP contribution is 2.29. The van der Waals surface area contributed by atoms with Crippen LogP contribution in [-0.4, -0.2) is 56.6 Å². The van der Waals surface area contributed by atoms with E-state index in [4.69, 9.17) is 4.74 Å². The van der Waals surface area contributed by atoms with Gasteiger partial charge in [0.15, 0.2) is 5.82 Å². The number of tetrazole rings is 1. The van der Waals surface area contributed by atoms with Crippen LogP contribution in [0.5, 0.6) is 5.75 Å². The van der Waals surface area contributed by atoms with E-state index in [0.29, 0.717) is 18.2 Å². The van der Waals surface area contributed by atoms with E-state index in [0.717, 1.165) is 37.4 Å². The van der Waals surface area contributed by atoms with Crippen LogP contribution in [0, 0.1) is 0 Å². The van der Waals surface area contributed by atoms with Gasteiger partial charge in [-0.25, -0.2) is 0 Å². The molecule has 0 atom stereocenters. The first-order chi connectivity index (χ1) is 12.0. The Hall–Kier alpha value is -2.51. The number of methoxy groups -OCH3 is 1. The topological polar surface area (TPSA) is 96.9 Å². The number of amides is 1. The fourth-order valence-electron chi connectivity index (χ4n) is 3.20. The number of nitrogens with zero attached hydrogens (tertiary/aromatic N) is 5. The number of aromatic amines is 1. The fraction of sp³-hybridized carbons (Fsp3) is 0.588. The summed E-state index contributed by atoms with van der Waals surface area (Å²) in [6, 6.07) is 3.95. The summed E-state index contributed by atoms with van der Waals surface area (Å²) in [6.45, 7) is 5.42. The van der Waals surface area contributed by atoms with Crippen molar-refractivity contribution in [2.24, 2.45) is 0 Å². The number of H-pyrrole nitrogens is 1. The Morgan fingerprint density at radius 1 is 1.36 bits per heavy atom. The Morgan fingerprint density at radius 3 is 2.68 bits per heavy atom. The maximum absolute atomic E-state index is 12.6. The Labute approximate surface area is 147 Å². The van der Waals surface area contributed by atoms with E-state index < -0.39 is 5.41 Å². The van der Waals surface area contributed by atoms with Crippen molar-refractivity contribution in [1.82, 2.24) is 30.5 Å². The summed E-state index contributed by atoms with van der Waals surface area (Å²) < 4.78 is 5.15. The predicted molar refractivity (Wildman–Crippen MR) is 91.2 cm³/mol. The first-order valence-electron chi connectivity index (χ1n) is 8.51. The van der Waals surface area contributed by atoms with Gasteiger partial charge in [-0.2, -0.15) is 5.21 Å². The van der Waals surface area contributed by atoms with Gasteiger partial charge in [0.25, 0.3) is 0 Å². The van der Waals surface area contributed by atoms with Crippen LogP contribution in [-0.2, 0) is 10.2 Å². The molecule has 3 rings (SSSR count). The highest BCUT2D eigenvalue weighted by Gasteiger charge is 2.32. The second kappa shape index (κ2) is 7.16. The highest BCUT2D eigenvalue weighted by molar-refractivity contribution is 5.77. The molecule has 2 aromatic heterocycles. The third-order valence-electron chi connectivity index (χ3n) is 4.80. The van der Waals surface area contributed by atoms with Crippen molar-refractivity contribution >= 4 is 5.91 Å². The molecule has 134 valence electrons. The van der Waals surface area contributed by atoms with E-state index >= 15 is 0 Å². The molecule has 1 N–H and O–H groups in total. The molecular weight excluding hydrogens is 320 g/mol. The third kappa shape index (κ3) is 3.94. The van der Waals surface area contributed by atoms with Crippen LogP contribution in [0.3, 0.4) is 0 Å². The van der Waals surface area contributed by atoms with E-state index in [2.05, 4.69) is 25.6 Å². The molecule has 0 aromatic carbocycles. The number of nitrogens with one attached hydrogen (secondary N) is 1. The number of hydrogen-bond acceptors (Lipinski definition) is 6. The molecule has 2 aromatic rings. The molecule has 25 heavy (non-hydrogen) atoms. The minimum atomic E-state index is -0.432. The quantitative estimate of drug-likeness (QED) is 0.886. The molecule has 0 saturated carbocycles. The zero-order valence-electron chi connectivity index (χ0n) is 14.9. The maximum atomic E-state index is 12.6. The molecule has 1 aliphatic rings. The van der Waals surface area contributed by atoms with Crippen LogP contribution < -0.4 is 4.74 Å². The summed E-state index contributed by atoms with van der Waals surface area (Å²) in [6.07, 6.45) is 3.97. The number of aromatic nitrogens is 5. The van der Waals surface area contributed by atoms with Crippen molar-refractivity contribution in [1.29, 1.82) is 0 Å². The molecule has 8 nitrogen and oxygen atoms in total. The lowest BCUT2D eigenvalue weighted by atomic mass is 9.87. The first kappa shape index (κ1) is 17.3. The highest BCUT2D eigenvalue weighted by atomic mass is 16.5. The maximum Gasteiger partial charge on any atom is 0.223 e. The minimum absolute atomic E-state index is 0.135. The molecule has 1 amide bonds. The molecule has 1 aliphatic heterocycles. The number of ether oxygens (including phenoxy) is 1. The van der Waals surface area contributed by atoms with Crippen molar-refractivity contribution in [3.8, 4) is 5.75 Å². The Balaban J connectivity index is 1.55. The molecule has 0 radical (unpaired) electrons. The number of piperidine rings is 1. The van der Waals surface area contributed by atoms with Crippen molar-refractivity contribution < 1.29 is 9.53 Å². The van der Waals surface area contributed by atoms with Crippen molar-refractivity contribution in [2.75, 3.05) is 20.2 Å². The lowest BCUT2D eigenvalue weighted by Gasteiger charge is -2.33. The second-order valence-electron chi connectivity index (χ2n) is 7.07. The van der Waals surface area contributed by atoms with Crippen molar-refractivity contribution in [3.63, 3.8) is 0 Å². The average molecular weight is 344 g/mol. The number of hydrogen-bond donors (Lipinski definition) is 1. The molecular formula is C17H24N6O2. The molecule has 1 saturated heterocycles. The van der Waals surface area contributed by atoms with Gasteiger partial charge in [-0.15, -0.1) is 10.2 Å². The van der Waals surface area contributed by atoms with E-state index in [-0.39, 0.29) is 5.91 Å². The first-order valence-corrected chi connectivity index (χ1v) is 8.51. The van der Waals surface area contributed by atoms with Crippen LogP contribution in [0.15, 0.2) is 18.3 Å². The minimum Gasteiger partial charge on any atom is -0.495 e. The van der Waals surface area contributed by atoms with E-state index in [9.17, 15) is 4.79 Å². The molecule has 1 fully saturated rings. The smallest absolute Gasteiger partial charge is 0.223 e. The number of pyridine rings is 1. The Bertz CT molecular complexity index is 690. The summed E-state index contributed by atoms with van der Waals surface area (Å²) in [5.74, 6) is 1.86. The second-order valence-corrected chi connectivity index (χ2v) is 7.07. The van der Waals surface area contributed by atoms with Gasteiger partial charge in [-0.1, -0.05) is 19.1 Å². The number of carbonyl (C=O) groups excluding carboxylic acids is 1. The van der Waals surface area contributed by atoms with Crippen molar-refractivity contribution in [2.45, 2.75) is 44.4 Å². The van der Waals surface area contributed by atoms with Gasteiger partial charge in [0.1, 0.15) is 5.75 Å². The average Bonchev–Trinajstić information content (AvgIpc) is 3.17. The van der Waals surface area contributed by atoms with Crippen LogP contribution >= 0.6 is 0 Å². The number of carbonyl (C=O) groups is 1. The molecule has 0 bridgehead atoms.